The maximum atomic E-state index is 4.38. The van der Waals surface area contributed by atoms with E-state index in [-0.39, 0.29) is 6.04 Å². The predicted molar refractivity (Wildman–Crippen MR) is 80.2 cm³/mol. The third kappa shape index (κ3) is 2.89. The van der Waals surface area contributed by atoms with Crippen molar-refractivity contribution in [3.63, 3.8) is 0 Å². The van der Waals surface area contributed by atoms with Crippen LogP contribution >= 0.6 is 0 Å². The minimum Gasteiger partial charge on any atom is -0.377 e. The molecule has 3 aromatic rings. The average molecular weight is 280 g/mol. The van der Waals surface area contributed by atoms with Crippen molar-refractivity contribution in [3.8, 4) is 5.69 Å². The summed E-state index contributed by atoms with van der Waals surface area (Å²) in [5.74, 6) is 0. The number of nitrogens with one attached hydrogen (secondary N) is 1. The van der Waals surface area contributed by atoms with Gasteiger partial charge in [-0.2, -0.15) is 15.0 Å². The second-order valence-corrected chi connectivity index (χ2v) is 4.76. The van der Waals surface area contributed by atoms with E-state index in [1.165, 1.54) is 0 Å². The van der Waals surface area contributed by atoms with Gasteiger partial charge in [0.1, 0.15) is 0 Å². The van der Waals surface area contributed by atoms with Crippen LogP contribution in [0.2, 0.25) is 0 Å². The Morgan fingerprint density at radius 1 is 0.952 bits per heavy atom. The summed E-state index contributed by atoms with van der Waals surface area (Å²) in [6, 6.07) is 8.03. The molecule has 2 aromatic heterocycles. The molecule has 6 nitrogen and oxygen atoms in total. The Balaban J connectivity index is 1.75. The van der Waals surface area contributed by atoms with Gasteiger partial charge in [-0.1, -0.05) is 0 Å². The quantitative estimate of drug-likeness (QED) is 0.795. The average Bonchev–Trinajstić information content (AvgIpc) is 3.02. The van der Waals surface area contributed by atoms with Gasteiger partial charge >= 0.3 is 0 Å². The fourth-order valence-corrected chi connectivity index (χ4v) is 2.20. The summed E-state index contributed by atoms with van der Waals surface area (Å²) in [6.07, 6.45) is 6.74. The zero-order chi connectivity index (χ0) is 14.7. The van der Waals surface area contributed by atoms with E-state index >= 15 is 0 Å². The molecule has 1 atom stereocenters. The minimum absolute atomic E-state index is 0.0902. The van der Waals surface area contributed by atoms with Gasteiger partial charge in [0.15, 0.2) is 0 Å². The van der Waals surface area contributed by atoms with E-state index in [0.717, 1.165) is 22.8 Å². The summed E-state index contributed by atoms with van der Waals surface area (Å²) in [5.41, 5.74) is 3.84. The highest BCUT2D eigenvalue weighted by molar-refractivity contribution is 5.49. The summed E-state index contributed by atoms with van der Waals surface area (Å²) in [4.78, 5) is 10.2. The number of aryl methyl sites for hydroxylation is 1. The van der Waals surface area contributed by atoms with Crippen molar-refractivity contribution in [1.82, 2.24) is 25.0 Å². The van der Waals surface area contributed by atoms with E-state index in [9.17, 15) is 0 Å². The number of benzene rings is 1. The molecule has 0 saturated heterocycles. The van der Waals surface area contributed by atoms with Crippen molar-refractivity contribution in [1.29, 1.82) is 0 Å². The molecule has 0 saturated carbocycles. The summed E-state index contributed by atoms with van der Waals surface area (Å²) >= 11 is 0. The Kier molecular flexibility index (Phi) is 3.59. The van der Waals surface area contributed by atoms with Gasteiger partial charge in [0.2, 0.25) is 0 Å². The molecule has 0 aliphatic carbocycles. The molecule has 0 bridgehead atoms. The molecule has 0 fully saturated rings. The normalized spacial score (nSPS) is 12.1. The molecule has 1 aromatic carbocycles. The lowest BCUT2D eigenvalue weighted by atomic mass is 10.1. The zero-order valence-electron chi connectivity index (χ0n) is 11.9. The van der Waals surface area contributed by atoms with Crippen LogP contribution in [0.5, 0.6) is 0 Å². The molecule has 1 N–H and O–H groups in total. The number of rotatable bonds is 4. The van der Waals surface area contributed by atoms with Crippen LogP contribution in [0.3, 0.4) is 0 Å². The van der Waals surface area contributed by atoms with Crippen molar-refractivity contribution in [2.24, 2.45) is 0 Å². The van der Waals surface area contributed by atoms with E-state index in [2.05, 4.69) is 32.4 Å². The highest BCUT2D eigenvalue weighted by atomic mass is 15.5. The topological polar surface area (TPSA) is 68.5 Å². The van der Waals surface area contributed by atoms with Crippen molar-refractivity contribution < 1.29 is 0 Å². The lowest BCUT2D eigenvalue weighted by Crippen LogP contribution is -2.11. The Morgan fingerprint density at radius 3 is 2.29 bits per heavy atom. The van der Waals surface area contributed by atoms with Crippen molar-refractivity contribution in [2.45, 2.75) is 19.9 Å². The molecule has 0 amide bonds. The molecule has 0 aliphatic rings. The van der Waals surface area contributed by atoms with Crippen LogP contribution in [0.15, 0.2) is 49.1 Å². The van der Waals surface area contributed by atoms with Gasteiger partial charge in [-0.15, -0.1) is 0 Å². The number of aromatic nitrogens is 5. The van der Waals surface area contributed by atoms with E-state index in [4.69, 9.17) is 0 Å². The monoisotopic (exact) mass is 280 g/mol. The van der Waals surface area contributed by atoms with Crippen LogP contribution in [-0.4, -0.2) is 25.0 Å². The zero-order valence-corrected chi connectivity index (χ0v) is 11.9. The Morgan fingerprint density at radius 2 is 1.62 bits per heavy atom. The van der Waals surface area contributed by atoms with Crippen LogP contribution in [0.4, 0.5) is 5.69 Å². The first-order valence-corrected chi connectivity index (χ1v) is 6.75. The molecule has 1 unspecified atom stereocenters. The highest BCUT2D eigenvalue weighted by Crippen LogP contribution is 2.20. The fourth-order valence-electron chi connectivity index (χ4n) is 2.20. The van der Waals surface area contributed by atoms with Gasteiger partial charge in [0.25, 0.3) is 0 Å². The fraction of sp³-hybridized carbons (Fsp3) is 0.200. The van der Waals surface area contributed by atoms with Gasteiger partial charge in [-0.3, -0.25) is 9.97 Å². The van der Waals surface area contributed by atoms with Crippen LogP contribution in [0.25, 0.3) is 5.69 Å². The molecule has 6 heteroatoms. The standard InChI is InChI=1S/C15H16N6/c1-11-15(17-8-7-16-11)12(2)20-13-3-5-14(6-4-13)21-18-9-10-19-21/h3-10,12,20H,1-2H3. The number of anilines is 1. The van der Waals surface area contributed by atoms with E-state index < -0.39 is 0 Å². The van der Waals surface area contributed by atoms with Crippen LogP contribution in [-0.2, 0) is 0 Å². The van der Waals surface area contributed by atoms with E-state index in [0.29, 0.717) is 0 Å². The predicted octanol–water partition coefficient (Wildman–Crippen LogP) is 2.54. The van der Waals surface area contributed by atoms with Gasteiger partial charge in [0.05, 0.1) is 35.5 Å². The summed E-state index contributed by atoms with van der Waals surface area (Å²) < 4.78 is 0. The lowest BCUT2D eigenvalue weighted by Gasteiger charge is -2.16. The molecular formula is C15H16N6. The minimum atomic E-state index is 0.0902. The van der Waals surface area contributed by atoms with Crippen molar-refractivity contribution in [3.05, 3.63) is 60.4 Å². The second kappa shape index (κ2) is 5.70. The summed E-state index contributed by atoms with van der Waals surface area (Å²) in [7, 11) is 0. The maximum absolute atomic E-state index is 4.38. The third-order valence-corrected chi connectivity index (χ3v) is 3.23. The Hall–Kier alpha value is -2.76. The van der Waals surface area contributed by atoms with Gasteiger partial charge in [-0.25, -0.2) is 0 Å². The van der Waals surface area contributed by atoms with Crippen molar-refractivity contribution >= 4 is 5.69 Å². The molecule has 3 rings (SSSR count). The van der Waals surface area contributed by atoms with Crippen molar-refractivity contribution in [2.75, 3.05) is 5.32 Å². The van der Waals surface area contributed by atoms with E-state index in [1.54, 1.807) is 29.6 Å². The largest absolute Gasteiger partial charge is 0.377 e. The van der Waals surface area contributed by atoms with Crippen LogP contribution in [0.1, 0.15) is 24.4 Å². The van der Waals surface area contributed by atoms with Gasteiger partial charge in [0, 0.05) is 18.1 Å². The first kappa shape index (κ1) is 13.2. The molecule has 2 heterocycles. The first-order valence-electron chi connectivity index (χ1n) is 6.75. The number of hydrogen-bond donors (Lipinski definition) is 1. The molecule has 106 valence electrons. The van der Waals surface area contributed by atoms with Crippen LogP contribution < -0.4 is 5.32 Å². The molecule has 0 radical (unpaired) electrons. The summed E-state index contributed by atoms with van der Waals surface area (Å²) in [6.45, 7) is 4.03. The van der Waals surface area contributed by atoms with Gasteiger partial charge < -0.3 is 5.32 Å². The number of hydrogen-bond acceptors (Lipinski definition) is 5. The Labute approximate surface area is 122 Å². The third-order valence-electron chi connectivity index (χ3n) is 3.23. The molecule has 0 spiro atoms. The van der Waals surface area contributed by atoms with Crippen LogP contribution in [0, 0.1) is 6.92 Å². The Bertz CT molecular complexity index is 705. The SMILES string of the molecule is Cc1nccnc1C(C)Nc1ccc(-n2nccn2)cc1. The lowest BCUT2D eigenvalue weighted by molar-refractivity contribution is 0.751. The van der Waals surface area contributed by atoms with Gasteiger partial charge in [-0.05, 0) is 38.1 Å². The van der Waals surface area contributed by atoms with E-state index in [1.807, 2.05) is 31.2 Å². The molecular weight excluding hydrogens is 264 g/mol. The maximum Gasteiger partial charge on any atom is 0.0858 e. The molecule has 21 heavy (non-hydrogen) atoms. The highest BCUT2D eigenvalue weighted by Gasteiger charge is 2.10. The smallest absolute Gasteiger partial charge is 0.0858 e. The first-order chi connectivity index (χ1) is 10.2. The second-order valence-electron chi connectivity index (χ2n) is 4.76. The molecule has 0 aliphatic heterocycles. The number of nitrogens with zero attached hydrogens (tertiary/aromatic N) is 5. The summed E-state index contributed by atoms with van der Waals surface area (Å²) in [5, 5.41) is 11.6.